The molecule has 0 saturated carbocycles. The number of ether oxygens (including phenoxy) is 2. The Morgan fingerprint density at radius 3 is 2.48 bits per heavy atom. The van der Waals surface area contributed by atoms with Crippen LogP contribution in [0.25, 0.3) is 0 Å². The van der Waals surface area contributed by atoms with Gasteiger partial charge in [-0.05, 0) is 52.3 Å². The molecular weight excluding hydrogens is 429 g/mol. The summed E-state index contributed by atoms with van der Waals surface area (Å²) in [7, 11) is 1.34. The average Bonchev–Trinajstić information content (AvgIpc) is 2.54. The molecule has 0 aromatic heterocycles. The number of rotatable bonds is 6. The van der Waals surface area contributed by atoms with Crippen molar-refractivity contribution in [2.75, 3.05) is 7.11 Å². The third-order valence-electron chi connectivity index (χ3n) is 3.19. The number of esters is 1. The zero-order valence-corrected chi connectivity index (χ0v) is 15.7. The topological polar surface area (TPSA) is 61.5 Å². The van der Waals surface area contributed by atoms with Crippen LogP contribution in [0.2, 0.25) is 0 Å². The van der Waals surface area contributed by atoms with Gasteiger partial charge in [0.05, 0.1) is 10.7 Å². The highest BCUT2D eigenvalue weighted by molar-refractivity contribution is 14.1. The van der Waals surface area contributed by atoms with E-state index in [1.807, 2.05) is 48.5 Å². The Labute approximate surface area is 155 Å². The van der Waals surface area contributed by atoms with Crippen LogP contribution in [0.4, 0.5) is 0 Å². The number of carbonyl (C=O) groups is 1. The molecule has 0 saturated heterocycles. The third kappa shape index (κ3) is 6.01. The summed E-state index contributed by atoms with van der Waals surface area (Å²) >= 11 is 2.22. The minimum atomic E-state index is -0.642. The molecule has 2 N–H and O–H groups in total. The number of benzene rings is 2. The molecule has 0 aliphatic carbocycles. The van der Waals surface area contributed by atoms with Crippen LogP contribution >= 0.6 is 35.0 Å². The molecule has 0 spiro atoms. The number of carbonyl (C=O) groups excluding carboxylic acids is 1. The predicted octanol–water partition coefficient (Wildman–Crippen LogP) is 3.33. The van der Waals surface area contributed by atoms with Gasteiger partial charge in [0.1, 0.15) is 18.4 Å². The predicted molar refractivity (Wildman–Crippen MR) is 101 cm³/mol. The van der Waals surface area contributed by atoms with Gasteiger partial charge in [-0.3, -0.25) is 4.79 Å². The fourth-order valence-corrected chi connectivity index (χ4v) is 2.75. The maximum atomic E-state index is 11.4. The molecule has 0 fully saturated rings. The molecule has 0 aliphatic heterocycles. The first kappa shape index (κ1) is 19.7. The molecule has 124 valence electrons. The summed E-state index contributed by atoms with van der Waals surface area (Å²) in [5, 5.41) is 0. The normalized spacial score (nSPS) is 11.3. The number of nitrogens with two attached hydrogens (primary N) is 1. The molecule has 1 unspecified atom stereocenters. The molecule has 23 heavy (non-hydrogen) atoms. The lowest BCUT2D eigenvalue weighted by Crippen LogP contribution is -2.33. The van der Waals surface area contributed by atoms with Crippen molar-refractivity contribution in [3.05, 3.63) is 63.2 Å². The van der Waals surface area contributed by atoms with Gasteiger partial charge in [0.15, 0.2) is 0 Å². The summed E-state index contributed by atoms with van der Waals surface area (Å²) in [6, 6.07) is 15.2. The van der Waals surface area contributed by atoms with Crippen molar-refractivity contribution in [2.24, 2.45) is 5.73 Å². The quantitative estimate of drug-likeness (QED) is 0.545. The highest BCUT2D eigenvalue weighted by Crippen LogP contribution is 2.23. The summed E-state index contributed by atoms with van der Waals surface area (Å²) < 4.78 is 11.4. The molecule has 1 atom stereocenters. The average molecular weight is 448 g/mol. The molecule has 4 nitrogen and oxygen atoms in total. The van der Waals surface area contributed by atoms with Gasteiger partial charge in [0.25, 0.3) is 0 Å². The van der Waals surface area contributed by atoms with Crippen molar-refractivity contribution in [3.63, 3.8) is 0 Å². The Morgan fingerprint density at radius 1 is 1.17 bits per heavy atom. The van der Waals surface area contributed by atoms with Gasteiger partial charge >= 0.3 is 5.97 Å². The monoisotopic (exact) mass is 447 g/mol. The van der Waals surface area contributed by atoms with Crippen molar-refractivity contribution >= 4 is 41.0 Å². The number of hydrogen-bond donors (Lipinski definition) is 1. The van der Waals surface area contributed by atoms with E-state index in [1.165, 1.54) is 7.11 Å². The maximum absolute atomic E-state index is 11.4. The van der Waals surface area contributed by atoms with E-state index in [0.29, 0.717) is 13.0 Å². The van der Waals surface area contributed by atoms with Gasteiger partial charge in [-0.2, -0.15) is 0 Å². The minimum Gasteiger partial charge on any atom is -0.488 e. The minimum absolute atomic E-state index is 0. The van der Waals surface area contributed by atoms with Gasteiger partial charge < -0.3 is 15.2 Å². The van der Waals surface area contributed by atoms with E-state index in [1.54, 1.807) is 0 Å². The number of halogens is 2. The van der Waals surface area contributed by atoms with Crippen LogP contribution in [-0.4, -0.2) is 19.1 Å². The summed E-state index contributed by atoms with van der Waals surface area (Å²) in [6.45, 7) is 0.526. The second-order valence-electron chi connectivity index (χ2n) is 4.87. The van der Waals surface area contributed by atoms with E-state index >= 15 is 0 Å². The van der Waals surface area contributed by atoms with Crippen molar-refractivity contribution in [3.8, 4) is 5.75 Å². The molecule has 2 rings (SSSR count). The summed E-state index contributed by atoms with van der Waals surface area (Å²) in [5.41, 5.74) is 7.88. The number of methoxy groups -OCH3 is 1. The molecule has 0 aliphatic rings. The van der Waals surface area contributed by atoms with Crippen LogP contribution in [0, 0.1) is 3.57 Å². The van der Waals surface area contributed by atoms with Gasteiger partial charge in [-0.1, -0.05) is 36.4 Å². The van der Waals surface area contributed by atoms with E-state index in [2.05, 4.69) is 27.3 Å². The van der Waals surface area contributed by atoms with Crippen LogP contribution in [0.3, 0.4) is 0 Å². The smallest absolute Gasteiger partial charge is 0.322 e. The van der Waals surface area contributed by atoms with Crippen molar-refractivity contribution < 1.29 is 14.3 Å². The second-order valence-corrected chi connectivity index (χ2v) is 6.04. The van der Waals surface area contributed by atoms with Crippen LogP contribution < -0.4 is 10.5 Å². The lowest BCUT2D eigenvalue weighted by molar-refractivity contribution is -0.142. The molecule has 2 aromatic rings. The summed E-state index contributed by atoms with van der Waals surface area (Å²) in [6.07, 6.45) is 0.446. The molecule has 0 radical (unpaired) electrons. The Balaban J connectivity index is 0.00000264. The zero-order chi connectivity index (χ0) is 15.9. The second kappa shape index (κ2) is 9.75. The summed E-state index contributed by atoms with van der Waals surface area (Å²) in [4.78, 5) is 11.4. The van der Waals surface area contributed by atoms with Crippen LogP contribution in [0.15, 0.2) is 48.5 Å². The first-order chi connectivity index (χ1) is 10.6. The highest BCUT2D eigenvalue weighted by atomic mass is 127. The molecule has 0 amide bonds. The van der Waals surface area contributed by atoms with Crippen LogP contribution in [-0.2, 0) is 22.6 Å². The van der Waals surface area contributed by atoms with E-state index < -0.39 is 12.0 Å². The third-order valence-corrected chi connectivity index (χ3v) is 4.04. The molecule has 2 aromatic carbocycles. The van der Waals surface area contributed by atoms with Crippen molar-refractivity contribution in [2.45, 2.75) is 19.1 Å². The highest BCUT2D eigenvalue weighted by Gasteiger charge is 2.15. The maximum Gasteiger partial charge on any atom is 0.322 e. The Kier molecular flexibility index (Phi) is 8.36. The van der Waals surface area contributed by atoms with Crippen LogP contribution in [0.1, 0.15) is 11.1 Å². The zero-order valence-electron chi connectivity index (χ0n) is 12.7. The SMILES string of the molecule is COC(=O)C(N)Cc1ccc(OCc2ccccc2)c(I)c1.Cl. The Morgan fingerprint density at radius 2 is 1.87 bits per heavy atom. The van der Waals surface area contributed by atoms with Gasteiger partial charge in [-0.25, -0.2) is 0 Å². The standard InChI is InChI=1S/C17H18INO3.ClH/c1-21-17(20)15(19)10-13-7-8-16(14(18)9-13)22-11-12-5-3-2-4-6-12;/h2-9,15H,10-11,19H2,1H3;1H. The van der Waals surface area contributed by atoms with Gasteiger partial charge in [-0.15, -0.1) is 12.4 Å². The largest absolute Gasteiger partial charge is 0.488 e. The fraction of sp³-hybridized carbons (Fsp3) is 0.235. The number of hydrogen-bond acceptors (Lipinski definition) is 4. The lowest BCUT2D eigenvalue weighted by Gasteiger charge is -2.12. The van der Waals surface area contributed by atoms with E-state index in [9.17, 15) is 4.79 Å². The lowest BCUT2D eigenvalue weighted by atomic mass is 10.1. The van der Waals surface area contributed by atoms with E-state index in [4.69, 9.17) is 10.5 Å². The van der Waals surface area contributed by atoms with Gasteiger partial charge in [0.2, 0.25) is 0 Å². The molecule has 0 heterocycles. The Hall–Kier alpha value is -1.31. The van der Waals surface area contributed by atoms with Crippen LogP contribution in [0.5, 0.6) is 5.75 Å². The first-order valence-corrected chi connectivity index (χ1v) is 7.96. The van der Waals surface area contributed by atoms with E-state index in [-0.39, 0.29) is 12.4 Å². The van der Waals surface area contributed by atoms with Crippen molar-refractivity contribution in [1.29, 1.82) is 0 Å². The molecular formula is C17H19ClINO3. The van der Waals surface area contributed by atoms with Gasteiger partial charge in [0, 0.05) is 0 Å². The molecule has 0 bridgehead atoms. The fourth-order valence-electron chi connectivity index (χ4n) is 2.01. The Bertz CT molecular complexity index is 637. The molecule has 6 heteroatoms. The van der Waals surface area contributed by atoms with Crippen molar-refractivity contribution in [1.82, 2.24) is 0 Å². The van der Waals surface area contributed by atoms with E-state index in [0.717, 1.165) is 20.4 Å². The summed E-state index contributed by atoms with van der Waals surface area (Å²) in [5.74, 6) is 0.416. The first-order valence-electron chi connectivity index (χ1n) is 6.88.